The van der Waals surface area contributed by atoms with Gasteiger partial charge in [-0.2, -0.15) is 5.26 Å². The fraction of sp³-hybridized carbons (Fsp3) is 0.0588. The van der Waals surface area contributed by atoms with E-state index >= 15 is 0 Å². The summed E-state index contributed by atoms with van der Waals surface area (Å²) < 4.78 is 0. The number of fused-ring (bicyclic) bond motifs is 1. The lowest BCUT2D eigenvalue weighted by Crippen LogP contribution is -1.84. The fourth-order valence-corrected chi connectivity index (χ4v) is 2.12. The predicted octanol–water partition coefficient (Wildman–Crippen LogP) is 3.94. The molecule has 0 amide bonds. The first-order valence-corrected chi connectivity index (χ1v) is 6.40. The van der Waals surface area contributed by atoms with Crippen molar-refractivity contribution in [2.75, 3.05) is 0 Å². The van der Waals surface area contributed by atoms with E-state index in [-0.39, 0.29) is 0 Å². The normalized spacial score (nSPS) is 11.5. The first-order valence-electron chi connectivity index (χ1n) is 6.40. The number of aromatic amines is 1. The summed E-state index contributed by atoms with van der Waals surface area (Å²) >= 11 is 0. The fourth-order valence-electron chi connectivity index (χ4n) is 2.12. The first kappa shape index (κ1) is 12.2. The number of rotatable bonds is 2. The second-order valence-electron chi connectivity index (χ2n) is 4.69. The van der Waals surface area contributed by atoms with Gasteiger partial charge < -0.3 is 4.98 Å². The number of benzene rings is 2. The molecule has 0 radical (unpaired) electrons. The number of nitrogens with zero attached hydrogens (tertiary/aromatic N) is 2. The van der Waals surface area contributed by atoms with E-state index in [1.165, 1.54) is 5.56 Å². The van der Waals surface area contributed by atoms with Crippen molar-refractivity contribution in [3.63, 3.8) is 0 Å². The number of nitrogens with one attached hydrogen (secondary N) is 1. The molecule has 0 bridgehead atoms. The molecule has 0 unspecified atom stereocenters. The molecule has 1 aromatic heterocycles. The van der Waals surface area contributed by atoms with Gasteiger partial charge in [0.05, 0.1) is 16.6 Å². The zero-order valence-corrected chi connectivity index (χ0v) is 11.1. The van der Waals surface area contributed by atoms with Crippen LogP contribution in [0.3, 0.4) is 0 Å². The van der Waals surface area contributed by atoms with Gasteiger partial charge >= 0.3 is 0 Å². The van der Waals surface area contributed by atoms with Crippen molar-refractivity contribution < 1.29 is 0 Å². The SMILES string of the molecule is Cc1ccc2nc(/C(C#N)=C\c3ccccc3)[nH]c2c1. The maximum Gasteiger partial charge on any atom is 0.149 e. The van der Waals surface area contributed by atoms with Crippen molar-refractivity contribution in [2.45, 2.75) is 6.92 Å². The van der Waals surface area contributed by atoms with Crippen LogP contribution in [-0.4, -0.2) is 9.97 Å². The van der Waals surface area contributed by atoms with E-state index in [4.69, 9.17) is 0 Å². The van der Waals surface area contributed by atoms with Crippen LogP contribution in [-0.2, 0) is 0 Å². The van der Waals surface area contributed by atoms with Gasteiger partial charge in [-0.05, 0) is 36.3 Å². The van der Waals surface area contributed by atoms with Gasteiger partial charge in [-0.15, -0.1) is 0 Å². The van der Waals surface area contributed by atoms with E-state index in [0.29, 0.717) is 11.4 Å². The van der Waals surface area contributed by atoms with Crippen molar-refractivity contribution in [3.05, 3.63) is 65.5 Å². The standard InChI is InChI=1S/C17H13N3/c1-12-7-8-15-16(9-12)20-17(19-15)14(11-18)10-13-5-3-2-4-6-13/h2-10H,1H3,(H,19,20)/b14-10-. The average molecular weight is 259 g/mol. The molecule has 3 heteroatoms. The highest BCUT2D eigenvalue weighted by Gasteiger charge is 2.07. The van der Waals surface area contributed by atoms with Crippen LogP contribution >= 0.6 is 0 Å². The van der Waals surface area contributed by atoms with E-state index in [1.807, 2.05) is 61.5 Å². The van der Waals surface area contributed by atoms with E-state index in [0.717, 1.165) is 16.6 Å². The number of hydrogen-bond acceptors (Lipinski definition) is 2. The van der Waals surface area contributed by atoms with Gasteiger partial charge in [-0.1, -0.05) is 36.4 Å². The van der Waals surface area contributed by atoms with E-state index in [2.05, 4.69) is 16.0 Å². The third-order valence-corrected chi connectivity index (χ3v) is 3.12. The van der Waals surface area contributed by atoms with Crippen molar-refractivity contribution >= 4 is 22.7 Å². The summed E-state index contributed by atoms with van der Waals surface area (Å²) in [4.78, 5) is 7.68. The minimum Gasteiger partial charge on any atom is -0.337 e. The Morgan fingerprint density at radius 3 is 2.75 bits per heavy atom. The topological polar surface area (TPSA) is 52.5 Å². The van der Waals surface area contributed by atoms with Crippen LogP contribution < -0.4 is 0 Å². The first-order chi connectivity index (χ1) is 9.76. The van der Waals surface area contributed by atoms with Crippen LogP contribution in [0.1, 0.15) is 17.0 Å². The Morgan fingerprint density at radius 1 is 1.20 bits per heavy atom. The molecule has 3 nitrogen and oxygen atoms in total. The Hall–Kier alpha value is -2.86. The summed E-state index contributed by atoms with van der Waals surface area (Å²) in [6.45, 7) is 2.03. The molecule has 96 valence electrons. The van der Waals surface area contributed by atoms with Crippen LogP contribution in [0, 0.1) is 18.3 Å². The van der Waals surface area contributed by atoms with E-state index < -0.39 is 0 Å². The molecule has 0 atom stereocenters. The summed E-state index contributed by atoms with van der Waals surface area (Å²) in [5.74, 6) is 0.608. The summed E-state index contributed by atoms with van der Waals surface area (Å²) in [5.41, 5.74) is 4.51. The van der Waals surface area contributed by atoms with Crippen molar-refractivity contribution in [2.24, 2.45) is 0 Å². The van der Waals surface area contributed by atoms with Gasteiger partial charge in [0, 0.05) is 0 Å². The lowest BCUT2D eigenvalue weighted by Gasteiger charge is -1.94. The number of hydrogen-bond donors (Lipinski definition) is 1. The smallest absolute Gasteiger partial charge is 0.149 e. The van der Waals surface area contributed by atoms with Gasteiger partial charge in [-0.25, -0.2) is 4.98 Å². The zero-order valence-electron chi connectivity index (χ0n) is 11.1. The molecule has 0 fully saturated rings. The summed E-state index contributed by atoms with van der Waals surface area (Å²) in [5, 5.41) is 9.34. The molecule has 3 aromatic rings. The third kappa shape index (κ3) is 2.32. The average Bonchev–Trinajstić information content (AvgIpc) is 2.88. The molecule has 20 heavy (non-hydrogen) atoms. The third-order valence-electron chi connectivity index (χ3n) is 3.12. The number of aryl methyl sites for hydroxylation is 1. The molecule has 0 aliphatic carbocycles. The highest BCUT2D eigenvalue weighted by Crippen LogP contribution is 2.19. The molecule has 0 aliphatic rings. The van der Waals surface area contributed by atoms with Crippen LogP contribution in [0.15, 0.2) is 48.5 Å². The number of aromatic nitrogens is 2. The van der Waals surface area contributed by atoms with E-state index in [9.17, 15) is 5.26 Å². The highest BCUT2D eigenvalue weighted by molar-refractivity contribution is 5.90. The molecule has 1 N–H and O–H groups in total. The van der Waals surface area contributed by atoms with Gasteiger partial charge in [0.1, 0.15) is 11.9 Å². The van der Waals surface area contributed by atoms with Crippen LogP contribution in [0.5, 0.6) is 0 Å². The second-order valence-corrected chi connectivity index (χ2v) is 4.69. The van der Waals surface area contributed by atoms with Crippen molar-refractivity contribution in [1.29, 1.82) is 5.26 Å². The molecule has 2 aromatic carbocycles. The molecule has 0 saturated heterocycles. The quantitative estimate of drug-likeness (QED) is 0.709. The number of H-pyrrole nitrogens is 1. The lowest BCUT2D eigenvalue weighted by molar-refractivity contribution is 1.27. The van der Waals surface area contributed by atoms with Gasteiger partial charge in [0.2, 0.25) is 0 Å². The Labute approximate surface area is 117 Å². The summed E-state index contributed by atoms with van der Waals surface area (Å²) in [6, 6.07) is 18.0. The Morgan fingerprint density at radius 2 is 2.00 bits per heavy atom. The number of nitriles is 1. The van der Waals surface area contributed by atoms with Gasteiger partial charge in [-0.3, -0.25) is 0 Å². The molecule has 1 heterocycles. The predicted molar refractivity (Wildman–Crippen MR) is 80.8 cm³/mol. The molecular formula is C17H13N3. The summed E-state index contributed by atoms with van der Waals surface area (Å²) in [7, 11) is 0. The molecule has 0 aliphatic heterocycles. The van der Waals surface area contributed by atoms with Gasteiger partial charge in [0.25, 0.3) is 0 Å². The summed E-state index contributed by atoms with van der Waals surface area (Å²) in [6.07, 6.45) is 1.84. The highest BCUT2D eigenvalue weighted by atomic mass is 14.9. The van der Waals surface area contributed by atoms with Gasteiger partial charge in [0.15, 0.2) is 0 Å². The van der Waals surface area contributed by atoms with Crippen molar-refractivity contribution in [3.8, 4) is 6.07 Å². The van der Waals surface area contributed by atoms with Crippen LogP contribution in [0.4, 0.5) is 0 Å². The molecule has 3 rings (SSSR count). The van der Waals surface area contributed by atoms with Crippen molar-refractivity contribution in [1.82, 2.24) is 9.97 Å². The lowest BCUT2D eigenvalue weighted by atomic mass is 10.1. The molecule has 0 spiro atoms. The van der Waals surface area contributed by atoms with E-state index in [1.54, 1.807) is 0 Å². The number of allylic oxidation sites excluding steroid dienone is 1. The van der Waals surface area contributed by atoms with Crippen LogP contribution in [0.2, 0.25) is 0 Å². The largest absolute Gasteiger partial charge is 0.337 e. The Bertz CT molecular complexity index is 820. The maximum absolute atomic E-state index is 9.34. The maximum atomic E-state index is 9.34. The Kier molecular flexibility index (Phi) is 3.06. The van der Waals surface area contributed by atoms with Crippen LogP contribution in [0.25, 0.3) is 22.7 Å². The Balaban J connectivity index is 2.08. The molecule has 0 saturated carbocycles. The second kappa shape index (κ2) is 5.02. The minimum atomic E-state index is 0.532. The minimum absolute atomic E-state index is 0.532. The monoisotopic (exact) mass is 259 g/mol. The number of imidazole rings is 1. The molecular weight excluding hydrogens is 246 g/mol. The zero-order chi connectivity index (χ0) is 13.9.